The van der Waals surface area contributed by atoms with Gasteiger partial charge in [0.05, 0.1) is 12.3 Å². The summed E-state index contributed by atoms with van der Waals surface area (Å²) >= 11 is 0. The summed E-state index contributed by atoms with van der Waals surface area (Å²) in [6.45, 7) is 7.77. The van der Waals surface area contributed by atoms with Crippen LogP contribution in [0.1, 0.15) is 50.1 Å². The Hall–Kier alpha value is -2.31. The van der Waals surface area contributed by atoms with Gasteiger partial charge in [0.15, 0.2) is 5.96 Å². The first-order valence-electron chi connectivity index (χ1n) is 8.63. The van der Waals surface area contributed by atoms with E-state index >= 15 is 0 Å². The summed E-state index contributed by atoms with van der Waals surface area (Å²) in [5, 5.41) is 11.4. The van der Waals surface area contributed by atoms with E-state index in [1.807, 2.05) is 23.7 Å². The van der Waals surface area contributed by atoms with Crippen molar-refractivity contribution in [2.75, 3.05) is 6.54 Å². The van der Waals surface area contributed by atoms with Gasteiger partial charge in [0.1, 0.15) is 17.4 Å². The van der Waals surface area contributed by atoms with E-state index < -0.39 is 0 Å². The Morgan fingerprint density at radius 1 is 1.50 bits per heavy atom. The van der Waals surface area contributed by atoms with Gasteiger partial charge in [0.25, 0.3) is 0 Å². The molecule has 0 amide bonds. The average Bonchev–Trinajstić information content (AvgIpc) is 3.15. The summed E-state index contributed by atoms with van der Waals surface area (Å²) in [5.41, 5.74) is 0. The van der Waals surface area contributed by atoms with Gasteiger partial charge in [-0.25, -0.2) is 9.67 Å². The highest BCUT2D eigenvalue weighted by atomic mass is 16.3. The third-order valence-electron chi connectivity index (χ3n) is 3.93. The van der Waals surface area contributed by atoms with Gasteiger partial charge in [-0.3, -0.25) is 4.99 Å². The molecule has 0 aromatic carbocycles. The number of aliphatic imine (C=N–C) groups is 1. The maximum absolute atomic E-state index is 5.36. The average molecular weight is 330 g/mol. The van der Waals surface area contributed by atoms with E-state index in [0.29, 0.717) is 12.6 Å². The molecule has 0 spiro atoms. The lowest BCUT2D eigenvalue weighted by atomic mass is 10.1. The molecule has 2 N–H and O–H groups in total. The lowest BCUT2D eigenvalue weighted by molar-refractivity contribution is 0.396. The fraction of sp³-hybridized carbons (Fsp3) is 0.588. The normalized spacial score (nSPS) is 17.8. The summed E-state index contributed by atoms with van der Waals surface area (Å²) in [5.74, 6) is 3.60. The van der Waals surface area contributed by atoms with Crippen LogP contribution < -0.4 is 10.6 Å². The van der Waals surface area contributed by atoms with Gasteiger partial charge in [0.2, 0.25) is 0 Å². The molecule has 3 rings (SSSR count). The smallest absolute Gasteiger partial charge is 0.192 e. The first kappa shape index (κ1) is 16.5. The SMILES string of the molecule is Cc1nc2n(n1)CCCC2NC(=NCCc1ccco1)NC(C)C. The van der Waals surface area contributed by atoms with Crippen molar-refractivity contribution in [1.29, 1.82) is 0 Å². The third-order valence-corrected chi connectivity index (χ3v) is 3.93. The number of hydrogen-bond acceptors (Lipinski definition) is 4. The number of guanidine groups is 1. The Balaban J connectivity index is 1.67. The standard InChI is InChI=1S/C17H26N6O/c1-12(2)19-17(18-9-8-14-6-5-11-24-14)21-15-7-4-10-23-16(15)20-13(3)22-23/h5-6,11-12,15H,4,7-10H2,1-3H3,(H2,18,19,21). The molecular formula is C17H26N6O. The second kappa shape index (κ2) is 7.51. The number of nitrogens with zero attached hydrogens (tertiary/aromatic N) is 4. The summed E-state index contributed by atoms with van der Waals surface area (Å²) in [4.78, 5) is 9.27. The number of fused-ring (bicyclic) bond motifs is 1. The van der Waals surface area contributed by atoms with E-state index in [0.717, 1.165) is 49.2 Å². The second-order valence-corrected chi connectivity index (χ2v) is 6.44. The zero-order valence-corrected chi connectivity index (χ0v) is 14.6. The quantitative estimate of drug-likeness (QED) is 0.649. The summed E-state index contributed by atoms with van der Waals surface area (Å²) in [7, 11) is 0. The van der Waals surface area contributed by atoms with Gasteiger partial charge < -0.3 is 15.1 Å². The highest BCUT2D eigenvalue weighted by molar-refractivity contribution is 5.80. The Morgan fingerprint density at radius 3 is 3.12 bits per heavy atom. The van der Waals surface area contributed by atoms with Crippen molar-refractivity contribution in [3.8, 4) is 0 Å². The van der Waals surface area contributed by atoms with Crippen LogP contribution in [-0.2, 0) is 13.0 Å². The molecule has 3 heterocycles. The molecule has 130 valence electrons. The molecule has 0 fully saturated rings. The van der Waals surface area contributed by atoms with Crippen LogP contribution in [0.15, 0.2) is 27.8 Å². The Kier molecular flexibility index (Phi) is 5.17. The maximum Gasteiger partial charge on any atom is 0.192 e. The molecule has 2 aromatic heterocycles. The largest absolute Gasteiger partial charge is 0.469 e. The van der Waals surface area contributed by atoms with Crippen molar-refractivity contribution in [3.05, 3.63) is 35.8 Å². The van der Waals surface area contributed by atoms with E-state index in [4.69, 9.17) is 4.42 Å². The van der Waals surface area contributed by atoms with Crippen molar-refractivity contribution in [1.82, 2.24) is 25.4 Å². The predicted octanol–water partition coefficient (Wildman–Crippen LogP) is 2.20. The molecule has 2 aromatic rings. The summed E-state index contributed by atoms with van der Waals surface area (Å²) in [6.07, 6.45) is 4.61. The van der Waals surface area contributed by atoms with E-state index in [-0.39, 0.29) is 6.04 Å². The maximum atomic E-state index is 5.36. The van der Waals surface area contributed by atoms with Gasteiger partial charge in [-0.1, -0.05) is 0 Å². The minimum atomic E-state index is 0.147. The number of rotatable bonds is 5. The van der Waals surface area contributed by atoms with Crippen LogP contribution in [0.3, 0.4) is 0 Å². The van der Waals surface area contributed by atoms with Crippen LogP contribution >= 0.6 is 0 Å². The van der Waals surface area contributed by atoms with Crippen molar-refractivity contribution in [3.63, 3.8) is 0 Å². The van der Waals surface area contributed by atoms with Gasteiger partial charge in [-0.05, 0) is 45.7 Å². The second-order valence-electron chi connectivity index (χ2n) is 6.44. The molecule has 1 atom stereocenters. The first-order valence-corrected chi connectivity index (χ1v) is 8.63. The molecule has 0 saturated carbocycles. The van der Waals surface area contributed by atoms with Crippen LogP contribution in [0.4, 0.5) is 0 Å². The van der Waals surface area contributed by atoms with Crippen LogP contribution in [0, 0.1) is 6.92 Å². The monoisotopic (exact) mass is 330 g/mol. The molecule has 0 radical (unpaired) electrons. The fourth-order valence-electron chi connectivity index (χ4n) is 2.91. The van der Waals surface area contributed by atoms with Gasteiger partial charge in [0, 0.05) is 25.6 Å². The van der Waals surface area contributed by atoms with Gasteiger partial charge in [-0.15, -0.1) is 0 Å². The van der Waals surface area contributed by atoms with E-state index in [1.54, 1.807) is 6.26 Å². The molecule has 1 unspecified atom stereocenters. The van der Waals surface area contributed by atoms with Crippen molar-refractivity contribution < 1.29 is 4.42 Å². The van der Waals surface area contributed by atoms with Crippen molar-refractivity contribution >= 4 is 5.96 Å². The number of nitrogens with one attached hydrogen (secondary N) is 2. The van der Waals surface area contributed by atoms with Crippen molar-refractivity contribution in [2.24, 2.45) is 4.99 Å². The Bertz CT molecular complexity index is 673. The van der Waals surface area contributed by atoms with Crippen LogP contribution in [-0.4, -0.2) is 33.3 Å². The molecule has 0 bridgehead atoms. The van der Waals surface area contributed by atoms with Gasteiger partial charge in [-0.2, -0.15) is 5.10 Å². The van der Waals surface area contributed by atoms with E-state index in [2.05, 4.69) is 39.6 Å². The number of furan rings is 1. The first-order chi connectivity index (χ1) is 11.6. The minimum Gasteiger partial charge on any atom is -0.469 e. The summed E-state index contributed by atoms with van der Waals surface area (Å²) < 4.78 is 7.37. The van der Waals surface area contributed by atoms with E-state index in [9.17, 15) is 0 Å². The number of hydrogen-bond donors (Lipinski definition) is 2. The highest BCUT2D eigenvalue weighted by Gasteiger charge is 2.24. The highest BCUT2D eigenvalue weighted by Crippen LogP contribution is 2.22. The van der Waals surface area contributed by atoms with Crippen LogP contribution in [0.5, 0.6) is 0 Å². The van der Waals surface area contributed by atoms with Crippen LogP contribution in [0.2, 0.25) is 0 Å². The molecule has 1 aliphatic rings. The Labute approximate surface area is 142 Å². The topological polar surface area (TPSA) is 80.3 Å². The molecule has 1 aliphatic heterocycles. The minimum absolute atomic E-state index is 0.147. The molecule has 0 saturated heterocycles. The predicted molar refractivity (Wildman–Crippen MR) is 92.9 cm³/mol. The summed E-state index contributed by atoms with van der Waals surface area (Å²) in [6, 6.07) is 4.34. The Morgan fingerprint density at radius 2 is 2.38 bits per heavy atom. The molecular weight excluding hydrogens is 304 g/mol. The lowest BCUT2D eigenvalue weighted by Gasteiger charge is -2.26. The zero-order chi connectivity index (χ0) is 16.9. The van der Waals surface area contributed by atoms with Gasteiger partial charge >= 0.3 is 0 Å². The zero-order valence-electron chi connectivity index (χ0n) is 14.6. The van der Waals surface area contributed by atoms with Crippen LogP contribution in [0.25, 0.3) is 0 Å². The molecule has 7 heteroatoms. The molecule has 7 nitrogen and oxygen atoms in total. The molecule has 24 heavy (non-hydrogen) atoms. The van der Waals surface area contributed by atoms with E-state index in [1.165, 1.54) is 0 Å². The lowest BCUT2D eigenvalue weighted by Crippen LogP contribution is -2.44. The molecule has 0 aliphatic carbocycles. The third kappa shape index (κ3) is 4.15. The number of aryl methyl sites for hydroxylation is 2. The van der Waals surface area contributed by atoms with Crippen molar-refractivity contribution in [2.45, 2.75) is 58.7 Å². The number of aromatic nitrogens is 3. The fourth-order valence-corrected chi connectivity index (χ4v) is 2.91.